The molecule has 5 rings (SSSR count). The van der Waals surface area contributed by atoms with Crippen LogP contribution in [-0.4, -0.2) is 39.2 Å². The van der Waals surface area contributed by atoms with Crippen LogP contribution in [0.3, 0.4) is 0 Å². The molecule has 4 aliphatic rings. The second-order valence-electron chi connectivity index (χ2n) is 10.1. The van der Waals surface area contributed by atoms with Gasteiger partial charge in [-0.25, -0.2) is 9.78 Å². The lowest BCUT2D eigenvalue weighted by Crippen LogP contribution is -2.60. The molecule has 5 atom stereocenters. The Morgan fingerprint density at radius 1 is 1.33 bits per heavy atom. The van der Waals surface area contributed by atoms with Gasteiger partial charge in [0.2, 0.25) is 11.1 Å². The highest BCUT2D eigenvalue weighted by Crippen LogP contribution is 2.60. The Morgan fingerprint density at radius 3 is 2.60 bits per heavy atom. The predicted molar refractivity (Wildman–Crippen MR) is 111 cm³/mol. The van der Waals surface area contributed by atoms with E-state index < -0.39 is 10.5 Å². The van der Waals surface area contributed by atoms with E-state index in [2.05, 4.69) is 20.6 Å². The fraction of sp³-hybridized carbons (Fsp3) is 0.750. The number of nitrogens with one attached hydrogen (secondary N) is 2. The van der Waals surface area contributed by atoms with Gasteiger partial charge in [-0.2, -0.15) is 4.98 Å². The highest BCUT2D eigenvalue weighted by atomic mass is 35.5. The lowest BCUT2D eigenvalue weighted by Gasteiger charge is -2.60. The Bertz CT molecular complexity index is 842. The van der Waals surface area contributed by atoms with Gasteiger partial charge in [0.25, 0.3) is 0 Å². The van der Waals surface area contributed by atoms with Crippen LogP contribution in [0.4, 0.5) is 16.3 Å². The summed E-state index contributed by atoms with van der Waals surface area (Å²) in [4.78, 5) is 30.9. The largest absolute Gasteiger partial charge is 0.444 e. The van der Waals surface area contributed by atoms with Crippen LogP contribution < -0.4 is 10.6 Å². The second kappa shape index (κ2) is 7.51. The van der Waals surface area contributed by atoms with Crippen molar-refractivity contribution in [2.75, 3.05) is 11.9 Å². The Balaban J connectivity index is 1.45. The third-order valence-corrected chi connectivity index (χ3v) is 6.83. The second-order valence-corrected chi connectivity index (χ2v) is 10.5. The summed E-state index contributed by atoms with van der Waals surface area (Å²) in [5, 5.41) is 17.6. The predicted octanol–water partition coefficient (Wildman–Crippen LogP) is 4.17. The molecule has 0 aromatic carbocycles. The minimum atomic E-state index is -0.519. The first-order valence-corrected chi connectivity index (χ1v) is 10.8. The number of aromatic nitrogens is 2. The van der Waals surface area contributed by atoms with Gasteiger partial charge >= 0.3 is 11.8 Å². The van der Waals surface area contributed by atoms with E-state index in [-0.39, 0.29) is 34.3 Å². The molecule has 0 radical (unpaired) electrons. The molecule has 1 amide bonds. The van der Waals surface area contributed by atoms with Gasteiger partial charge in [-0.15, -0.1) is 0 Å². The third-order valence-electron chi connectivity index (χ3n) is 6.65. The van der Waals surface area contributed by atoms with Crippen molar-refractivity contribution in [2.24, 2.45) is 23.2 Å². The number of alkyl carbamates (subject to hydrolysis) is 1. The van der Waals surface area contributed by atoms with E-state index in [0.29, 0.717) is 24.3 Å². The number of ether oxygens (including phenoxy) is 1. The van der Waals surface area contributed by atoms with Gasteiger partial charge < -0.3 is 15.4 Å². The zero-order valence-electron chi connectivity index (χ0n) is 17.5. The number of hydrogen-bond donors (Lipinski definition) is 2. The highest BCUT2D eigenvalue weighted by Gasteiger charge is 2.55. The average molecular weight is 438 g/mol. The number of carbonyl (C=O) groups is 1. The molecule has 164 valence electrons. The number of nitro groups is 1. The van der Waals surface area contributed by atoms with Gasteiger partial charge in [-0.05, 0) is 87.6 Å². The van der Waals surface area contributed by atoms with E-state index in [4.69, 9.17) is 16.3 Å². The topological polar surface area (TPSA) is 119 Å². The third kappa shape index (κ3) is 4.31. The molecule has 4 saturated carbocycles. The monoisotopic (exact) mass is 437 g/mol. The van der Waals surface area contributed by atoms with Crippen LogP contribution in [0.2, 0.25) is 5.28 Å². The van der Waals surface area contributed by atoms with Gasteiger partial charge in [0.1, 0.15) is 11.8 Å². The molecule has 30 heavy (non-hydrogen) atoms. The Hall–Kier alpha value is -2.16. The van der Waals surface area contributed by atoms with Crippen molar-refractivity contribution < 1.29 is 14.5 Å². The van der Waals surface area contributed by atoms with Crippen molar-refractivity contribution >= 4 is 29.2 Å². The average Bonchev–Trinajstić information content (AvgIpc) is 2.61. The van der Waals surface area contributed by atoms with Crippen molar-refractivity contribution in [2.45, 2.75) is 64.5 Å². The molecular formula is C20H28ClN5O4. The lowest BCUT2D eigenvalue weighted by atomic mass is 9.48. The number of nitrogens with zero attached hydrogens (tertiary/aromatic N) is 3. The van der Waals surface area contributed by atoms with Crippen LogP contribution in [-0.2, 0) is 4.74 Å². The first-order valence-electron chi connectivity index (χ1n) is 10.4. The quantitative estimate of drug-likeness (QED) is 0.403. The van der Waals surface area contributed by atoms with Crippen LogP contribution in [0, 0.1) is 33.3 Å². The molecule has 10 heteroatoms. The van der Waals surface area contributed by atoms with Gasteiger partial charge in [-0.3, -0.25) is 10.1 Å². The van der Waals surface area contributed by atoms with Gasteiger partial charge in [0.15, 0.2) is 0 Å². The van der Waals surface area contributed by atoms with E-state index in [0.717, 1.165) is 38.3 Å². The summed E-state index contributed by atoms with van der Waals surface area (Å²) in [7, 11) is 0. The van der Waals surface area contributed by atoms with E-state index in [1.54, 1.807) is 0 Å². The number of anilines is 1. The maximum absolute atomic E-state index is 12.3. The van der Waals surface area contributed by atoms with Crippen LogP contribution in [0.25, 0.3) is 0 Å². The summed E-state index contributed by atoms with van der Waals surface area (Å²) in [5.74, 6) is 1.59. The number of carbonyl (C=O) groups excluding carboxylic acids is 1. The van der Waals surface area contributed by atoms with Crippen LogP contribution in [0.1, 0.15) is 52.9 Å². The van der Waals surface area contributed by atoms with E-state index in [1.165, 1.54) is 0 Å². The van der Waals surface area contributed by atoms with Crippen LogP contribution in [0.5, 0.6) is 0 Å². The number of hydrogen-bond acceptors (Lipinski definition) is 7. The molecule has 4 bridgehead atoms. The standard InChI is InChI=1S/C20H28ClN5O4/c1-19(2,3)30-18(27)24-15-12-4-11-5-13(15)8-20(6-11,7-12)10-23-16-14(26(28)29)9-22-17(21)25-16/h9,11-13,15H,4-8,10H2,1-3H3,(H,24,27)(H,22,23,25)/t11?,12-,13+,15-,20+. The Morgan fingerprint density at radius 2 is 2.00 bits per heavy atom. The van der Waals surface area contributed by atoms with E-state index in [1.807, 2.05) is 20.8 Å². The maximum atomic E-state index is 12.3. The molecule has 0 aliphatic heterocycles. The summed E-state index contributed by atoms with van der Waals surface area (Å²) in [6, 6.07) is 0.132. The summed E-state index contributed by atoms with van der Waals surface area (Å²) < 4.78 is 5.47. The minimum Gasteiger partial charge on any atom is -0.444 e. The molecule has 0 spiro atoms. The van der Waals surface area contributed by atoms with Gasteiger partial charge in [-0.1, -0.05) is 0 Å². The summed E-state index contributed by atoms with van der Waals surface area (Å²) in [5.41, 5.74) is -0.642. The van der Waals surface area contributed by atoms with Crippen LogP contribution >= 0.6 is 11.6 Å². The lowest BCUT2D eigenvalue weighted by molar-refractivity contribution is -0.384. The summed E-state index contributed by atoms with van der Waals surface area (Å²) >= 11 is 5.85. The molecule has 2 N–H and O–H groups in total. The number of amides is 1. The smallest absolute Gasteiger partial charge is 0.407 e. The maximum Gasteiger partial charge on any atom is 0.407 e. The van der Waals surface area contributed by atoms with Gasteiger partial charge in [0, 0.05) is 12.6 Å². The minimum absolute atomic E-state index is 0.0183. The fourth-order valence-corrected chi connectivity index (χ4v) is 6.11. The molecule has 4 aliphatic carbocycles. The molecule has 0 saturated heterocycles. The SMILES string of the molecule is CC(C)(C)OC(=O)N[C@@H]1[C@@H]2CC3C[C@H]1C[C@](CNc1nc(Cl)ncc1[N+](=O)[O-])(C3)C2. The number of halogens is 1. The van der Waals surface area contributed by atoms with Crippen molar-refractivity contribution in [3.8, 4) is 0 Å². The Labute approximate surface area is 180 Å². The van der Waals surface area contributed by atoms with E-state index in [9.17, 15) is 14.9 Å². The zero-order valence-corrected chi connectivity index (χ0v) is 18.2. The first kappa shape index (κ1) is 21.1. The van der Waals surface area contributed by atoms with E-state index >= 15 is 0 Å². The van der Waals surface area contributed by atoms with Crippen molar-refractivity contribution in [3.05, 3.63) is 21.6 Å². The highest BCUT2D eigenvalue weighted by molar-refractivity contribution is 6.28. The molecule has 1 aromatic rings. The molecule has 1 heterocycles. The van der Waals surface area contributed by atoms with Crippen LogP contribution in [0.15, 0.2) is 6.20 Å². The van der Waals surface area contributed by atoms with Gasteiger partial charge in [0.05, 0.1) is 4.92 Å². The van der Waals surface area contributed by atoms with Crippen molar-refractivity contribution in [3.63, 3.8) is 0 Å². The molecule has 4 fully saturated rings. The zero-order chi connectivity index (χ0) is 21.7. The van der Waals surface area contributed by atoms with Crippen molar-refractivity contribution in [1.82, 2.24) is 15.3 Å². The fourth-order valence-electron chi connectivity index (χ4n) is 5.98. The first-order chi connectivity index (χ1) is 14.0. The van der Waals surface area contributed by atoms with Crippen molar-refractivity contribution in [1.29, 1.82) is 0 Å². The molecule has 9 nitrogen and oxygen atoms in total. The summed E-state index contributed by atoms with van der Waals surface area (Å²) in [6.45, 7) is 6.19. The molecule has 1 unspecified atom stereocenters. The Kier molecular flexibility index (Phi) is 5.28. The summed E-state index contributed by atoms with van der Waals surface area (Å²) in [6.07, 6.45) is 6.05. The molecule has 1 aromatic heterocycles. The molecular weight excluding hydrogens is 410 g/mol. The normalized spacial score (nSPS) is 32.0. The number of rotatable bonds is 5.